The molecule has 0 bridgehead atoms. The number of fused-ring (bicyclic) bond motifs is 1. The SMILES string of the molecule is NCCCCc1c(-c2ccncc2Cl)[nH]c2ccc(-c3ccccc3)cc12. The van der Waals surface area contributed by atoms with Crippen molar-refractivity contribution >= 4 is 22.5 Å². The van der Waals surface area contributed by atoms with Crippen molar-refractivity contribution in [2.45, 2.75) is 19.3 Å². The van der Waals surface area contributed by atoms with Crippen molar-refractivity contribution in [3.8, 4) is 22.4 Å². The van der Waals surface area contributed by atoms with Crippen LogP contribution >= 0.6 is 11.6 Å². The lowest BCUT2D eigenvalue weighted by atomic mass is 9.98. The highest BCUT2D eigenvalue weighted by molar-refractivity contribution is 6.33. The molecule has 0 spiro atoms. The Hall–Kier alpha value is -2.62. The Morgan fingerprint density at radius 2 is 1.81 bits per heavy atom. The van der Waals surface area contributed by atoms with E-state index >= 15 is 0 Å². The molecular formula is C23H22ClN3. The number of rotatable bonds is 6. The summed E-state index contributed by atoms with van der Waals surface area (Å²) in [4.78, 5) is 7.70. The molecule has 4 aromatic rings. The summed E-state index contributed by atoms with van der Waals surface area (Å²) in [5.74, 6) is 0. The Morgan fingerprint density at radius 1 is 0.963 bits per heavy atom. The number of hydrogen-bond acceptors (Lipinski definition) is 2. The normalized spacial score (nSPS) is 11.2. The topological polar surface area (TPSA) is 54.7 Å². The van der Waals surface area contributed by atoms with Gasteiger partial charge in [-0.3, -0.25) is 4.98 Å². The first-order valence-electron chi connectivity index (χ1n) is 9.28. The number of nitrogens with one attached hydrogen (secondary N) is 1. The molecule has 2 aromatic carbocycles. The van der Waals surface area contributed by atoms with Crippen molar-refractivity contribution in [3.63, 3.8) is 0 Å². The Labute approximate surface area is 164 Å². The van der Waals surface area contributed by atoms with Gasteiger partial charge in [-0.1, -0.05) is 48.0 Å². The van der Waals surface area contributed by atoms with Gasteiger partial charge in [0.1, 0.15) is 0 Å². The van der Waals surface area contributed by atoms with Gasteiger partial charge in [0, 0.05) is 28.9 Å². The van der Waals surface area contributed by atoms with Crippen LogP contribution in [0.3, 0.4) is 0 Å². The first kappa shape index (κ1) is 17.8. The second-order valence-corrected chi connectivity index (χ2v) is 7.11. The third-order valence-corrected chi connectivity index (χ3v) is 5.24. The van der Waals surface area contributed by atoms with Gasteiger partial charge in [0.2, 0.25) is 0 Å². The van der Waals surface area contributed by atoms with E-state index < -0.39 is 0 Å². The molecule has 0 saturated heterocycles. The number of aromatic nitrogens is 2. The molecule has 3 N–H and O–H groups in total. The molecule has 0 amide bonds. The summed E-state index contributed by atoms with van der Waals surface area (Å²) in [7, 11) is 0. The van der Waals surface area contributed by atoms with Crippen LogP contribution in [-0.4, -0.2) is 16.5 Å². The van der Waals surface area contributed by atoms with E-state index in [2.05, 4.69) is 52.4 Å². The molecule has 136 valence electrons. The van der Waals surface area contributed by atoms with Crippen LogP contribution in [0.25, 0.3) is 33.3 Å². The van der Waals surface area contributed by atoms with Crippen LogP contribution < -0.4 is 5.73 Å². The number of benzene rings is 2. The fraction of sp³-hybridized carbons (Fsp3) is 0.174. The zero-order chi connectivity index (χ0) is 18.6. The van der Waals surface area contributed by atoms with Crippen molar-refractivity contribution in [2.24, 2.45) is 5.73 Å². The molecule has 0 saturated carbocycles. The van der Waals surface area contributed by atoms with Gasteiger partial charge in [-0.2, -0.15) is 0 Å². The second kappa shape index (κ2) is 7.95. The number of aromatic amines is 1. The molecule has 4 heteroatoms. The van der Waals surface area contributed by atoms with Gasteiger partial charge in [-0.15, -0.1) is 0 Å². The Morgan fingerprint density at radius 3 is 2.59 bits per heavy atom. The van der Waals surface area contributed by atoms with Crippen molar-refractivity contribution in [3.05, 3.63) is 77.6 Å². The number of aryl methyl sites for hydroxylation is 1. The summed E-state index contributed by atoms with van der Waals surface area (Å²) in [6.07, 6.45) is 6.50. The number of hydrogen-bond donors (Lipinski definition) is 2. The van der Waals surface area contributed by atoms with Gasteiger partial charge in [0.05, 0.1) is 10.7 Å². The summed E-state index contributed by atoms with van der Waals surface area (Å²) in [5.41, 5.74) is 12.6. The second-order valence-electron chi connectivity index (χ2n) is 6.71. The van der Waals surface area contributed by atoms with Gasteiger partial charge >= 0.3 is 0 Å². The standard InChI is InChI=1S/C23H22ClN3/c24-21-15-26-13-11-19(21)23-18(8-4-5-12-25)20-14-17(9-10-22(20)27-23)16-6-2-1-3-7-16/h1-3,6-7,9-11,13-15,27H,4-5,8,12,25H2. The first-order valence-corrected chi connectivity index (χ1v) is 9.65. The summed E-state index contributed by atoms with van der Waals surface area (Å²) in [5, 5.41) is 1.91. The monoisotopic (exact) mass is 375 g/mol. The Kier molecular flexibility index (Phi) is 5.23. The van der Waals surface area contributed by atoms with Crippen LogP contribution in [0, 0.1) is 0 Å². The van der Waals surface area contributed by atoms with Gasteiger partial charge in [0.25, 0.3) is 0 Å². The quantitative estimate of drug-likeness (QED) is 0.416. The Bertz CT molecular complexity index is 1050. The fourth-order valence-electron chi connectivity index (χ4n) is 3.57. The highest BCUT2D eigenvalue weighted by atomic mass is 35.5. The maximum atomic E-state index is 6.44. The maximum Gasteiger partial charge on any atom is 0.0682 e. The average molecular weight is 376 g/mol. The van der Waals surface area contributed by atoms with Crippen LogP contribution in [-0.2, 0) is 6.42 Å². The highest BCUT2D eigenvalue weighted by Gasteiger charge is 2.16. The van der Waals surface area contributed by atoms with E-state index in [1.165, 1.54) is 22.1 Å². The third-order valence-electron chi connectivity index (χ3n) is 4.94. The van der Waals surface area contributed by atoms with E-state index in [9.17, 15) is 0 Å². The Balaban J connectivity index is 1.87. The largest absolute Gasteiger partial charge is 0.354 e. The van der Waals surface area contributed by atoms with Gasteiger partial charge < -0.3 is 10.7 Å². The number of H-pyrrole nitrogens is 1. The number of halogens is 1. The zero-order valence-electron chi connectivity index (χ0n) is 15.1. The van der Waals surface area contributed by atoms with Crippen LogP contribution in [0.1, 0.15) is 18.4 Å². The molecule has 2 aromatic heterocycles. The van der Waals surface area contributed by atoms with E-state index in [1.54, 1.807) is 12.4 Å². The van der Waals surface area contributed by atoms with Gasteiger partial charge in [-0.25, -0.2) is 0 Å². The number of unbranched alkanes of at least 4 members (excludes halogenated alkanes) is 1. The van der Waals surface area contributed by atoms with E-state index in [0.717, 1.165) is 36.0 Å². The van der Waals surface area contributed by atoms with Crippen LogP contribution in [0.5, 0.6) is 0 Å². The molecule has 0 unspecified atom stereocenters. The molecule has 0 aliphatic heterocycles. The number of nitrogens with zero attached hydrogens (tertiary/aromatic N) is 1. The fourth-order valence-corrected chi connectivity index (χ4v) is 3.79. The van der Waals surface area contributed by atoms with Crippen LogP contribution in [0.4, 0.5) is 0 Å². The summed E-state index contributed by atoms with van der Waals surface area (Å²) < 4.78 is 0. The molecule has 0 atom stereocenters. The molecule has 4 rings (SSSR count). The van der Waals surface area contributed by atoms with Crippen LogP contribution in [0.15, 0.2) is 67.0 Å². The average Bonchev–Trinajstić information content (AvgIpc) is 3.07. The summed E-state index contributed by atoms with van der Waals surface area (Å²) in [6, 6.07) is 19.0. The first-order chi connectivity index (χ1) is 13.3. The minimum Gasteiger partial charge on any atom is -0.354 e. The third kappa shape index (κ3) is 3.61. The maximum absolute atomic E-state index is 6.44. The van der Waals surface area contributed by atoms with Gasteiger partial charge in [0.15, 0.2) is 0 Å². The van der Waals surface area contributed by atoms with Crippen molar-refractivity contribution in [1.29, 1.82) is 0 Å². The molecule has 3 nitrogen and oxygen atoms in total. The van der Waals surface area contributed by atoms with Crippen molar-refractivity contribution in [2.75, 3.05) is 6.54 Å². The molecule has 0 aliphatic carbocycles. The minimum absolute atomic E-state index is 0.660. The van der Waals surface area contributed by atoms with E-state index in [0.29, 0.717) is 11.6 Å². The lowest BCUT2D eigenvalue weighted by molar-refractivity contribution is 0.748. The number of pyridine rings is 1. The number of nitrogens with two attached hydrogens (primary N) is 1. The predicted octanol–water partition coefficient (Wildman–Crippen LogP) is 5.83. The minimum atomic E-state index is 0.660. The van der Waals surface area contributed by atoms with Crippen molar-refractivity contribution < 1.29 is 0 Å². The van der Waals surface area contributed by atoms with Gasteiger partial charge in [-0.05, 0) is 60.7 Å². The molecule has 0 aliphatic rings. The molecule has 0 fully saturated rings. The molecule has 0 radical (unpaired) electrons. The highest BCUT2D eigenvalue weighted by Crippen LogP contribution is 2.36. The van der Waals surface area contributed by atoms with E-state index in [-0.39, 0.29) is 0 Å². The lowest BCUT2D eigenvalue weighted by Crippen LogP contribution is -1.99. The van der Waals surface area contributed by atoms with E-state index in [4.69, 9.17) is 17.3 Å². The van der Waals surface area contributed by atoms with E-state index in [1.807, 2.05) is 12.1 Å². The van der Waals surface area contributed by atoms with Crippen molar-refractivity contribution in [1.82, 2.24) is 9.97 Å². The predicted molar refractivity (Wildman–Crippen MR) is 114 cm³/mol. The van der Waals surface area contributed by atoms with Crippen LogP contribution in [0.2, 0.25) is 5.02 Å². The molecule has 27 heavy (non-hydrogen) atoms. The smallest absolute Gasteiger partial charge is 0.0682 e. The lowest BCUT2D eigenvalue weighted by Gasteiger charge is -2.07. The zero-order valence-corrected chi connectivity index (χ0v) is 15.8. The molecular weight excluding hydrogens is 354 g/mol. The summed E-state index contributed by atoms with van der Waals surface area (Å²) in [6.45, 7) is 0.711. The summed E-state index contributed by atoms with van der Waals surface area (Å²) >= 11 is 6.44. The molecule has 2 heterocycles.